The Morgan fingerprint density at radius 2 is 1.62 bits per heavy atom. The normalized spacial score (nSPS) is 15.3. The second kappa shape index (κ2) is 4.59. The summed E-state index contributed by atoms with van der Waals surface area (Å²) >= 11 is 0. The molecule has 0 saturated carbocycles. The lowest BCUT2D eigenvalue weighted by Gasteiger charge is -2.29. The summed E-state index contributed by atoms with van der Waals surface area (Å²) in [5, 5.41) is 0.717. The fraction of sp³-hybridized carbons (Fsp3) is 0.429. The third-order valence-electron chi connectivity index (χ3n) is 2.58. The van der Waals surface area contributed by atoms with E-state index in [4.69, 9.17) is 0 Å². The van der Waals surface area contributed by atoms with Gasteiger partial charge in [0.2, 0.25) is 0 Å². The Hall–Kier alpha value is -0.810. The third-order valence-corrected chi connectivity index (χ3v) is 6.51. The first-order valence-electron chi connectivity index (χ1n) is 5.59. The van der Waals surface area contributed by atoms with Crippen molar-refractivity contribution in [2.24, 2.45) is 0 Å². The summed E-state index contributed by atoms with van der Waals surface area (Å²) in [6, 6.07) is 9.79. The minimum absolute atomic E-state index is 0.231. The van der Waals surface area contributed by atoms with E-state index in [0.717, 1.165) is 10.9 Å². The van der Waals surface area contributed by atoms with E-state index in [1.807, 2.05) is 70.8 Å². The Morgan fingerprint density at radius 1 is 1.12 bits per heavy atom. The van der Waals surface area contributed by atoms with Crippen LogP contribution in [0, 0.1) is 0 Å². The van der Waals surface area contributed by atoms with E-state index in [1.54, 1.807) is 0 Å². The van der Waals surface area contributed by atoms with Crippen LogP contribution >= 0.6 is 7.14 Å². The molecule has 1 aromatic carbocycles. The molecular formula is C14H21OP. The largest absolute Gasteiger partial charge is 0.314 e. The molecule has 0 heterocycles. The molecule has 2 heteroatoms. The van der Waals surface area contributed by atoms with Crippen LogP contribution in [0.25, 0.3) is 0 Å². The second-order valence-corrected chi connectivity index (χ2v) is 8.80. The molecule has 0 spiro atoms. The topological polar surface area (TPSA) is 17.1 Å². The number of rotatable bonds is 2. The van der Waals surface area contributed by atoms with Crippen LogP contribution < -0.4 is 5.30 Å². The number of allylic oxidation sites excluding steroid dienone is 1. The van der Waals surface area contributed by atoms with Crippen LogP contribution in [0.1, 0.15) is 34.6 Å². The van der Waals surface area contributed by atoms with Gasteiger partial charge >= 0.3 is 0 Å². The highest BCUT2D eigenvalue weighted by Crippen LogP contribution is 2.58. The van der Waals surface area contributed by atoms with Crippen molar-refractivity contribution < 1.29 is 4.57 Å². The summed E-state index contributed by atoms with van der Waals surface area (Å²) in [7, 11) is -2.47. The van der Waals surface area contributed by atoms with Gasteiger partial charge in [-0.25, -0.2) is 0 Å². The van der Waals surface area contributed by atoms with E-state index in [1.165, 1.54) is 0 Å². The highest BCUT2D eigenvalue weighted by Gasteiger charge is 2.35. The molecule has 0 fully saturated rings. The standard InChI is InChI=1S/C14H21OP/c1-12(2)11-16(15,14(3,4)5)13-9-7-6-8-10-13/h6-11H,1-5H3. The zero-order valence-corrected chi connectivity index (χ0v) is 11.7. The van der Waals surface area contributed by atoms with Crippen LogP contribution in [-0.4, -0.2) is 5.16 Å². The van der Waals surface area contributed by atoms with Gasteiger partial charge in [-0.3, -0.25) is 0 Å². The number of hydrogen-bond donors (Lipinski definition) is 0. The van der Waals surface area contributed by atoms with Crippen molar-refractivity contribution in [2.75, 3.05) is 0 Å². The molecule has 16 heavy (non-hydrogen) atoms. The Labute approximate surface area is 99.0 Å². The molecule has 0 radical (unpaired) electrons. The van der Waals surface area contributed by atoms with Gasteiger partial charge in [0.25, 0.3) is 0 Å². The summed E-state index contributed by atoms with van der Waals surface area (Å²) in [4.78, 5) is 0. The molecule has 0 N–H and O–H groups in total. The van der Waals surface area contributed by atoms with Crippen LogP contribution in [0.3, 0.4) is 0 Å². The van der Waals surface area contributed by atoms with Gasteiger partial charge in [-0.15, -0.1) is 0 Å². The summed E-state index contributed by atoms with van der Waals surface area (Å²) in [6.07, 6.45) is 0. The van der Waals surface area contributed by atoms with E-state index < -0.39 is 7.14 Å². The summed E-state index contributed by atoms with van der Waals surface area (Å²) in [5.74, 6) is 1.95. The smallest absolute Gasteiger partial charge is 0.141 e. The van der Waals surface area contributed by atoms with Crippen LogP contribution in [-0.2, 0) is 4.57 Å². The van der Waals surface area contributed by atoms with Crippen LogP contribution in [0.15, 0.2) is 41.7 Å². The van der Waals surface area contributed by atoms with Gasteiger partial charge in [0.15, 0.2) is 0 Å². The Kier molecular flexibility index (Phi) is 3.80. The van der Waals surface area contributed by atoms with E-state index in [-0.39, 0.29) is 5.16 Å². The lowest BCUT2D eigenvalue weighted by Crippen LogP contribution is -2.21. The van der Waals surface area contributed by atoms with Crippen molar-refractivity contribution in [1.82, 2.24) is 0 Å². The Balaban J connectivity index is 3.39. The van der Waals surface area contributed by atoms with Gasteiger partial charge in [0.1, 0.15) is 7.14 Å². The molecule has 1 aromatic rings. The van der Waals surface area contributed by atoms with Gasteiger partial charge in [0.05, 0.1) is 0 Å². The van der Waals surface area contributed by atoms with Crippen LogP contribution in [0.2, 0.25) is 0 Å². The molecule has 1 atom stereocenters. The first-order valence-corrected chi connectivity index (χ1v) is 7.36. The molecule has 0 amide bonds. The van der Waals surface area contributed by atoms with Crippen molar-refractivity contribution in [2.45, 2.75) is 39.8 Å². The summed E-state index contributed by atoms with van der Waals surface area (Å²) < 4.78 is 13.2. The van der Waals surface area contributed by atoms with Gasteiger partial charge < -0.3 is 4.57 Å². The van der Waals surface area contributed by atoms with Crippen molar-refractivity contribution in [3.05, 3.63) is 41.7 Å². The number of benzene rings is 1. The van der Waals surface area contributed by atoms with Gasteiger partial charge in [-0.05, 0) is 19.7 Å². The molecule has 0 aliphatic carbocycles. The SMILES string of the molecule is CC(C)=CP(=O)(c1ccccc1)C(C)(C)C. The van der Waals surface area contributed by atoms with Crippen molar-refractivity contribution in [3.8, 4) is 0 Å². The highest BCUT2D eigenvalue weighted by molar-refractivity contribution is 7.75. The molecule has 1 unspecified atom stereocenters. The first-order chi connectivity index (χ1) is 7.27. The molecule has 0 saturated heterocycles. The molecule has 1 rings (SSSR count). The van der Waals surface area contributed by atoms with E-state index in [9.17, 15) is 4.57 Å². The van der Waals surface area contributed by atoms with Crippen LogP contribution in [0.4, 0.5) is 0 Å². The zero-order chi connectivity index (χ0) is 12.4. The first kappa shape index (κ1) is 13.3. The maximum atomic E-state index is 13.2. The quantitative estimate of drug-likeness (QED) is 0.696. The van der Waals surface area contributed by atoms with E-state index >= 15 is 0 Å². The minimum atomic E-state index is -2.47. The zero-order valence-electron chi connectivity index (χ0n) is 10.8. The minimum Gasteiger partial charge on any atom is -0.314 e. The average Bonchev–Trinajstić information content (AvgIpc) is 2.16. The maximum absolute atomic E-state index is 13.2. The third kappa shape index (κ3) is 2.65. The van der Waals surface area contributed by atoms with Gasteiger partial charge in [-0.1, -0.05) is 56.7 Å². The molecule has 0 aliphatic heterocycles. The fourth-order valence-electron chi connectivity index (χ4n) is 1.67. The fourth-order valence-corrected chi connectivity index (χ4v) is 4.32. The molecule has 1 nitrogen and oxygen atoms in total. The van der Waals surface area contributed by atoms with Crippen molar-refractivity contribution >= 4 is 12.4 Å². The Morgan fingerprint density at radius 3 is 2.00 bits per heavy atom. The Bertz CT molecular complexity index is 420. The lowest BCUT2D eigenvalue weighted by molar-refractivity contribution is 0.563. The van der Waals surface area contributed by atoms with Crippen molar-refractivity contribution in [1.29, 1.82) is 0 Å². The maximum Gasteiger partial charge on any atom is 0.141 e. The summed E-state index contributed by atoms with van der Waals surface area (Å²) in [6.45, 7) is 10.1. The monoisotopic (exact) mass is 236 g/mol. The molecule has 0 aliphatic rings. The highest BCUT2D eigenvalue weighted by atomic mass is 31.2. The molecule has 0 bridgehead atoms. The van der Waals surface area contributed by atoms with E-state index in [2.05, 4.69) is 0 Å². The van der Waals surface area contributed by atoms with E-state index in [0.29, 0.717) is 0 Å². The molecular weight excluding hydrogens is 215 g/mol. The van der Waals surface area contributed by atoms with Gasteiger partial charge in [0, 0.05) is 10.5 Å². The predicted molar refractivity (Wildman–Crippen MR) is 72.9 cm³/mol. The number of hydrogen-bond acceptors (Lipinski definition) is 1. The van der Waals surface area contributed by atoms with Crippen LogP contribution in [0.5, 0.6) is 0 Å². The average molecular weight is 236 g/mol. The lowest BCUT2D eigenvalue weighted by atomic mass is 10.3. The van der Waals surface area contributed by atoms with Crippen molar-refractivity contribution in [3.63, 3.8) is 0 Å². The second-order valence-electron chi connectivity index (χ2n) is 5.37. The summed E-state index contributed by atoms with van der Waals surface area (Å²) in [5.41, 5.74) is 1.11. The molecule has 0 aromatic heterocycles. The van der Waals surface area contributed by atoms with Gasteiger partial charge in [-0.2, -0.15) is 0 Å². The predicted octanol–water partition coefficient (Wildman–Crippen LogP) is 4.40. The molecule has 88 valence electrons.